The van der Waals surface area contributed by atoms with Gasteiger partial charge in [0, 0.05) is 5.02 Å². The summed E-state index contributed by atoms with van der Waals surface area (Å²) in [6.45, 7) is 1.58. The molecule has 0 aliphatic carbocycles. The maximum Gasteiger partial charge on any atom is 0.262 e. The van der Waals surface area contributed by atoms with E-state index in [-0.39, 0.29) is 21.4 Å². The molecule has 0 aliphatic heterocycles. The van der Waals surface area contributed by atoms with Gasteiger partial charge in [0.05, 0.1) is 10.6 Å². The third-order valence-corrected chi connectivity index (χ3v) is 4.20. The minimum absolute atomic E-state index is 0.0562. The van der Waals surface area contributed by atoms with Gasteiger partial charge in [0.2, 0.25) is 0 Å². The van der Waals surface area contributed by atoms with Crippen LogP contribution in [0, 0.1) is 12.7 Å². The van der Waals surface area contributed by atoms with Crippen LogP contribution in [0.25, 0.3) is 0 Å². The summed E-state index contributed by atoms with van der Waals surface area (Å²) in [6.07, 6.45) is 0. The molecule has 4 nitrogen and oxygen atoms in total. The summed E-state index contributed by atoms with van der Waals surface area (Å²) < 4.78 is 39.5. The average molecular weight is 316 g/mol. The van der Waals surface area contributed by atoms with Gasteiger partial charge in [0.1, 0.15) is 11.6 Å². The predicted molar refractivity (Wildman–Crippen MR) is 75.1 cm³/mol. The smallest absolute Gasteiger partial charge is 0.262 e. The predicted octanol–water partition coefficient (Wildman–Crippen LogP) is 3.29. The molecule has 0 bridgehead atoms. The number of anilines is 1. The van der Waals surface area contributed by atoms with E-state index in [4.69, 9.17) is 11.6 Å². The molecule has 2 aromatic rings. The van der Waals surface area contributed by atoms with Gasteiger partial charge in [-0.25, -0.2) is 12.8 Å². The van der Waals surface area contributed by atoms with E-state index in [1.807, 2.05) is 0 Å². The number of aryl methyl sites for hydroxylation is 1. The van der Waals surface area contributed by atoms with Crippen LogP contribution < -0.4 is 4.72 Å². The highest BCUT2D eigenvalue weighted by atomic mass is 35.5. The number of nitrogens with one attached hydrogen (secondary N) is 1. The highest BCUT2D eigenvalue weighted by Crippen LogP contribution is 2.32. The molecule has 0 aromatic heterocycles. The van der Waals surface area contributed by atoms with Crippen LogP contribution >= 0.6 is 11.6 Å². The van der Waals surface area contributed by atoms with Gasteiger partial charge in [-0.2, -0.15) is 0 Å². The molecule has 0 atom stereocenters. The molecule has 0 radical (unpaired) electrons. The lowest BCUT2D eigenvalue weighted by molar-refractivity contribution is 0.473. The van der Waals surface area contributed by atoms with E-state index in [9.17, 15) is 17.9 Å². The number of benzene rings is 2. The number of rotatable bonds is 3. The van der Waals surface area contributed by atoms with Crippen LogP contribution in [0.1, 0.15) is 5.56 Å². The fraction of sp³-hybridized carbons (Fsp3) is 0.0769. The summed E-state index contributed by atoms with van der Waals surface area (Å²) in [5.41, 5.74) is 0.369. The maximum absolute atomic E-state index is 13.1. The van der Waals surface area contributed by atoms with Crippen LogP contribution in [-0.2, 0) is 10.0 Å². The monoisotopic (exact) mass is 315 g/mol. The Kier molecular flexibility index (Phi) is 3.87. The second-order valence-electron chi connectivity index (χ2n) is 4.18. The molecule has 2 N–H and O–H groups in total. The van der Waals surface area contributed by atoms with Crippen molar-refractivity contribution in [3.8, 4) is 5.75 Å². The normalized spacial score (nSPS) is 11.3. The Morgan fingerprint density at radius 1 is 1.25 bits per heavy atom. The van der Waals surface area contributed by atoms with Crippen molar-refractivity contribution in [3.63, 3.8) is 0 Å². The van der Waals surface area contributed by atoms with E-state index < -0.39 is 15.8 Å². The minimum Gasteiger partial charge on any atom is -0.505 e. The zero-order valence-electron chi connectivity index (χ0n) is 10.4. The zero-order valence-corrected chi connectivity index (χ0v) is 12.0. The first-order valence-corrected chi connectivity index (χ1v) is 7.43. The molecule has 0 fully saturated rings. The van der Waals surface area contributed by atoms with Crippen LogP contribution in [0.15, 0.2) is 41.3 Å². The van der Waals surface area contributed by atoms with E-state index in [1.54, 1.807) is 6.92 Å². The highest BCUT2D eigenvalue weighted by Gasteiger charge is 2.17. The minimum atomic E-state index is -4.00. The van der Waals surface area contributed by atoms with E-state index >= 15 is 0 Å². The van der Waals surface area contributed by atoms with E-state index in [0.717, 1.165) is 12.1 Å². The van der Waals surface area contributed by atoms with Gasteiger partial charge in [-0.15, -0.1) is 0 Å². The van der Waals surface area contributed by atoms with Crippen molar-refractivity contribution in [3.05, 3.63) is 52.8 Å². The molecule has 2 rings (SSSR count). The van der Waals surface area contributed by atoms with Gasteiger partial charge < -0.3 is 5.11 Å². The SMILES string of the molecule is Cc1cc(Cl)cc(NS(=O)(=O)c2cccc(F)c2)c1O. The maximum atomic E-state index is 13.1. The Hall–Kier alpha value is -1.79. The first kappa shape index (κ1) is 14.6. The molecular weight excluding hydrogens is 305 g/mol. The molecule has 0 amide bonds. The topological polar surface area (TPSA) is 66.4 Å². The summed E-state index contributed by atoms with van der Waals surface area (Å²) in [5.74, 6) is -0.895. The Labute approximate surface area is 120 Å². The van der Waals surface area contributed by atoms with Crippen molar-refractivity contribution in [2.75, 3.05) is 4.72 Å². The Morgan fingerprint density at radius 2 is 1.95 bits per heavy atom. The lowest BCUT2D eigenvalue weighted by Gasteiger charge is -2.11. The van der Waals surface area contributed by atoms with Gasteiger partial charge in [0.25, 0.3) is 10.0 Å². The van der Waals surface area contributed by atoms with Gasteiger partial charge >= 0.3 is 0 Å². The third-order valence-electron chi connectivity index (χ3n) is 2.62. The molecule has 0 saturated heterocycles. The van der Waals surface area contributed by atoms with Crippen molar-refractivity contribution < 1.29 is 17.9 Å². The molecule has 106 valence electrons. The Bertz CT molecular complexity index is 762. The molecule has 7 heteroatoms. The zero-order chi connectivity index (χ0) is 14.9. The number of hydrogen-bond donors (Lipinski definition) is 2. The summed E-state index contributed by atoms with van der Waals surface area (Å²) in [7, 11) is -4.00. The number of phenols is 1. The average Bonchev–Trinajstić information content (AvgIpc) is 2.35. The molecular formula is C13H11ClFNO3S. The van der Waals surface area contributed by atoms with Crippen LogP contribution in [0.2, 0.25) is 5.02 Å². The number of aromatic hydroxyl groups is 1. The molecule has 0 unspecified atom stereocenters. The van der Waals surface area contributed by atoms with Crippen molar-refractivity contribution in [1.29, 1.82) is 0 Å². The molecule has 0 spiro atoms. The van der Waals surface area contributed by atoms with Gasteiger partial charge in [-0.3, -0.25) is 4.72 Å². The fourth-order valence-corrected chi connectivity index (χ4v) is 3.01. The quantitative estimate of drug-likeness (QED) is 0.854. The van der Waals surface area contributed by atoms with Crippen molar-refractivity contribution >= 4 is 27.3 Å². The summed E-state index contributed by atoms with van der Waals surface area (Å²) in [5, 5.41) is 10.1. The molecule has 0 aliphatic rings. The lowest BCUT2D eigenvalue weighted by atomic mass is 10.2. The number of phenolic OH excluding ortho intramolecular Hbond substituents is 1. The largest absolute Gasteiger partial charge is 0.505 e. The summed E-state index contributed by atoms with van der Waals surface area (Å²) in [6, 6.07) is 7.33. The van der Waals surface area contributed by atoms with E-state index in [1.165, 1.54) is 24.3 Å². The summed E-state index contributed by atoms with van der Waals surface area (Å²) >= 11 is 5.82. The third kappa shape index (κ3) is 3.02. The second-order valence-corrected chi connectivity index (χ2v) is 6.30. The lowest BCUT2D eigenvalue weighted by Crippen LogP contribution is -2.13. The fourth-order valence-electron chi connectivity index (χ4n) is 1.65. The van der Waals surface area contributed by atoms with E-state index in [2.05, 4.69) is 4.72 Å². The standard InChI is InChI=1S/C13H11ClFNO3S/c1-8-5-9(14)6-12(13(8)17)16-20(18,19)11-4-2-3-10(15)7-11/h2-7,16-17H,1H3. The summed E-state index contributed by atoms with van der Waals surface area (Å²) in [4.78, 5) is -0.241. The van der Waals surface area contributed by atoms with Gasteiger partial charge in [0.15, 0.2) is 0 Å². The molecule has 0 saturated carbocycles. The molecule has 2 aromatic carbocycles. The molecule has 0 heterocycles. The van der Waals surface area contributed by atoms with Crippen LogP contribution in [0.3, 0.4) is 0 Å². The first-order chi connectivity index (χ1) is 9.29. The second kappa shape index (κ2) is 5.30. The number of hydrogen-bond acceptors (Lipinski definition) is 3. The van der Waals surface area contributed by atoms with Crippen LogP contribution in [0.5, 0.6) is 5.75 Å². The molecule has 20 heavy (non-hydrogen) atoms. The highest BCUT2D eigenvalue weighted by molar-refractivity contribution is 7.92. The Morgan fingerprint density at radius 3 is 2.60 bits per heavy atom. The van der Waals surface area contributed by atoms with Crippen LogP contribution in [0.4, 0.5) is 10.1 Å². The van der Waals surface area contributed by atoms with Crippen molar-refractivity contribution in [2.45, 2.75) is 11.8 Å². The number of sulfonamides is 1. The van der Waals surface area contributed by atoms with Crippen LogP contribution in [-0.4, -0.2) is 13.5 Å². The van der Waals surface area contributed by atoms with Gasteiger partial charge in [-0.05, 0) is 42.8 Å². The number of halogens is 2. The van der Waals surface area contributed by atoms with E-state index in [0.29, 0.717) is 5.56 Å². The van der Waals surface area contributed by atoms with Crippen molar-refractivity contribution in [1.82, 2.24) is 0 Å². The first-order valence-electron chi connectivity index (χ1n) is 5.57. The van der Waals surface area contributed by atoms with Gasteiger partial charge in [-0.1, -0.05) is 17.7 Å². The Balaban J connectivity index is 2.44. The van der Waals surface area contributed by atoms with Crippen molar-refractivity contribution in [2.24, 2.45) is 0 Å².